The molecule has 10 heavy (non-hydrogen) atoms. The van der Waals surface area contributed by atoms with Crippen LogP contribution in [0.4, 0.5) is 4.79 Å². The summed E-state index contributed by atoms with van der Waals surface area (Å²) in [6.45, 7) is 5.69. The van der Waals surface area contributed by atoms with Crippen molar-refractivity contribution < 1.29 is 9.53 Å². The van der Waals surface area contributed by atoms with Crippen LogP contribution in [0.3, 0.4) is 0 Å². The molecule has 0 heterocycles. The molecule has 60 valence electrons. The number of nitrogens with one attached hydrogen (secondary N) is 1. The largest absolute Gasteiger partial charge is 0.449 e. The van der Waals surface area contributed by atoms with E-state index in [9.17, 15) is 4.79 Å². The molecule has 0 radical (unpaired) electrons. The van der Waals surface area contributed by atoms with Crippen molar-refractivity contribution in [3.05, 3.63) is 12.8 Å². The number of hydrogen-bond acceptors (Lipinski definition) is 2. The van der Waals surface area contributed by atoms with Crippen LogP contribution in [0, 0.1) is 0 Å². The van der Waals surface area contributed by atoms with Gasteiger partial charge in [-0.1, -0.05) is 13.5 Å². The van der Waals surface area contributed by atoms with E-state index in [0.717, 1.165) is 6.42 Å². The molecule has 0 bridgehead atoms. The first-order chi connectivity index (χ1) is 4.31. The van der Waals surface area contributed by atoms with Gasteiger partial charge in [-0.25, -0.2) is 4.79 Å². The van der Waals surface area contributed by atoms with Crippen molar-refractivity contribution >= 4 is 17.1 Å². The molecule has 0 aromatic heterocycles. The number of hydrogen-bond donors (Lipinski definition) is 1. The molecule has 0 aliphatic carbocycles. The molecule has 3 nitrogen and oxygen atoms in total. The van der Waals surface area contributed by atoms with Gasteiger partial charge in [-0.05, 0) is 23.6 Å². The molecule has 0 atom stereocenters. The van der Waals surface area contributed by atoms with Crippen molar-refractivity contribution in [1.29, 1.82) is 0 Å². The summed E-state index contributed by atoms with van der Waals surface area (Å²) in [6.07, 6.45) is 1.69. The van der Waals surface area contributed by atoms with Gasteiger partial charge in [0.25, 0.3) is 0 Å². The Bertz CT molecular complexity index is 106. The Morgan fingerprint density at radius 2 is 2.40 bits per heavy atom. The molecule has 0 saturated carbocycles. The zero-order valence-electron chi connectivity index (χ0n) is 5.52. The number of ether oxygens (including phenoxy) is 1. The van der Waals surface area contributed by atoms with Crippen molar-refractivity contribution in [2.45, 2.75) is 13.3 Å². The summed E-state index contributed by atoms with van der Waals surface area (Å²) in [5.41, 5.74) is 0. The SMILES string of the molecule is C=CNC(=O)OCCC.[SiH4]. The Kier molecular flexibility index (Phi) is 9.84. The fourth-order valence-electron chi connectivity index (χ4n) is 0.320. The second-order valence-electron chi connectivity index (χ2n) is 1.48. The van der Waals surface area contributed by atoms with Crippen molar-refractivity contribution in [2.75, 3.05) is 6.61 Å². The predicted molar refractivity (Wildman–Crippen MR) is 46.3 cm³/mol. The lowest BCUT2D eigenvalue weighted by molar-refractivity contribution is 0.150. The maximum atomic E-state index is 10.4. The zero-order valence-corrected chi connectivity index (χ0v) is 5.52. The van der Waals surface area contributed by atoms with Gasteiger partial charge in [0.2, 0.25) is 0 Å². The molecule has 0 aromatic rings. The number of carbonyl (C=O) groups is 1. The van der Waals surface area contributed by atoms with Crippen LogP contribution in [0.2, 0.25) is 0 Å². The number of alkyl carbamates (subject to hydrolysis) is 1. The standard InChI is InChI=1S/C6H11NO2.H4Si/c1-3-5-9-6(8)7-4-2;/h4H,2-3,5H2,1H3,(H,7,8);1H4. The van der Waals surface area contributed by atoms with E-state index in [1.165, 1.54) is 6.20 Å². The van der Waals surface area contributed by atoms with E-state index in [4.69, 9.17) is 0 Å². The minimum Gasteiger partial charge on any atom is -0.449 e. The third-order valence-electron chi connectivity index (χ3n) is 0.657. The minimum atomic E-state index is -0.438. The molecule has 0 aliphatic heterocycles. The average molecular weight is 161 g/mol. The minimum absolute atomic E-state index is 0. The van der Waals surface area contributed by atoms with E-state index in [0.29, 0.717) is 6.61 Å². The molecule has 0 fully saturated rings. The lowest BCUT2D eigenvalue weighted by Gasteiger charge is -1.99. The second-order valence-corrected chi connectivity index (χ2v) is 1.48. The Balaban J connectivity index is 0. The maximum absolute atomic E-state index is 10.4. The molecule has 0 saturated heterocycles. The zero-order chi connectivity index (χ0) is 7.11. The van der Waals surface area contributed by atoms with E-state index in [1.807, 2.05) is 6.92 Å². The van der Waals surface area contributed by atoms with Gasteiger partial charge in [0.1, 0.15) is 0 Å². The summed E-state index contributed by atoms with van der Waals surface area (Å²) in [4.78, 5) is 10.4. The Morgan fingerprint density at radius 3 is 2.80 bits per heavy atom. The molecule has 1 amide bonds. The van der Waals surface area contributed by atoms with Crippen LogP contribution in [0.15, 0.2) is 12.8 Å². The topological polar surface area (TPSA) is 38.3 Å². The fraction of sp³-hybridized carbons (Fsp3) is 0.500. The summed E-state index contributed by atoms with van der Waals surface area (Å²) in [7, 11) is 0. The van der Waals surface area contributed by atoms with Crippen molar-refractivity contribution in [2.24, 2.45) is 0 Å². The molecule has 0 spiro atoms. The quantitative estimate of drug-likeness (QED) is 0.583. The monoisotopic (exact) mass is 161 g/mol. The van der Waals surface area contributed by atoms with Crippen LogP contribution >= 0.6 is 0 Å². The molecule has 0 aliphatic rings. The van der Waals surface area contributed by atoms with Gasteiger partial charge < -0.3 is 4.74 Å². The predicted octanol–water partition coefficient (Wildman–Crippen LogP) is -0.186. The van der Waals surface area contributed by atoms with Crippen LogP contribution in [-0.4, -0.2) is 23.7 Å². The summed E-state index contributed by atoms with van der Waals surface area (Å²) in [5, 5.41) is 2.28. The van der Waals surface area contributed by atoms with E-state index < -0.39 is 6.09 Å². The molecule has 0 unspecified atom stereocenters. The van der Waals surface area contributed by atoms with Crippen LogP contribution in [0.5, 0.6) is 0 Å². The first-order valence-electron chi connectivity index (χ1n) is 2.85. The average Bonchev–Trinajstić information content (AvgIpc) is 1.85. The molecule has 0 rings (SSSR count). The highest BCUT2D eigenvalue weighted by Gasteiger charge is 1.93. The van der Waals surface area contributed by atoms with Crippen molar-refractivity contribution in [3.63, 3.8) is 0 Å². The highest BCUT2D eigenvalue weighted by atomic mass is 28.1. The third-order valence-corrected chi connectivity index (χ3v) is 0.657. The Hall–Kier alpha value is -0.773. The summed E-state index contributed by atoms with van der Waals surface area (Å²) in [6, 6.07) is 0. The maximum Gasteiger partial charge on any atom is 0.411 e. The van der Waals surface area contributed by atoms with Gasteiger partial charge in [0, 0.05) is 0 Å². The lowest BCUT2D eigenvalue weighted by atomic mass is 10.5. The van der Waals surface area contributed by atoms with Crippen molar-refractivity contribution in [1.82, 2.24) is 5.32 Å². The van der Waals surface area contributed by atoms with Gasteiger partial charge in [0.05, 0.1) is 6.61 Å². The van der Waals surface area contributed by atoms with E-state index >= 15 is 0 Å². The number of rotatable bonds is 3. The van der Waals surface area contributed by atoms with Crippen LogP contribution in [0.1, 0.15) is 13.3 Å². The van der Waals surface area contributed by atoms with Gasteiger partial charge in [0.15, 0.2) is 0 Å². The highest BCUT2D eigenvalue weighted by Crippen LogP contribution is 1.80. The molecular weight excluding hydrogens is 146 g/mol. The van der Waals surface area contributed by atoms with E-state index in [-0.39, 0.29) is 11.0 Å². The molecule has 1 N–H and O–H groups in total. The number of amides is 1. The van der Waals surface area contributed by atoms with Crippen LogP contribution < -0.4 is 5.32 Å². The summed E-state index contributed by atoms with van der Waals surface area (Å²) in [5.74, 6) is 0. The van der Waals surface area contributed by atoms with E-state index in [1.54, 1.807) is 0 Å². The first kappa shape index (κ1) is 12.0. The summed E-state index contributed by atoms with van der Waals surface area (Å²) >= 11 is 0. The third kappa shape index (κ3) is 7.23. The smallest absolute Gasteiger partial charge is 0.411 e. The fourth-order valence-corrected chi connectivity index (χ4v) is 0.320. The Labute approximate surface area is 65.5 Å². The summed E-state index contributed by atoms with van der Waals surface area (Å²) < 4.78 is 4.61. The van der Waals surface area contributed by atoms with Gasteiger partial charge >= 0.3 is 6.09 Å². The Morgan fingerprint density at radius 1 is 1.80 bits per heavy atom. The highest BCUT2D eigenvalue weighted by molar-refractivity contribution is 5.75. The van der Waals surface area contributed by atoms with Crippen molar-refractivity contribution in [3.8, 4) is 0 Å². The molecule has 4 heteroatoms. The molecule has 0 aromatic carbocycles. The normalized spacial score (nSPS) is 7.30. The van der Waals surface area contributed by atoms with Gasteiger partial charge in [-0.2, -0.15) is 0 Å². The second kappa shape index (κ2) is 8.23. The first-order valence-corrected chi connectivity index (χ1v) is 2.85. The van der Waals surface area contributed by atoms with Crippen LogP contribution in [0.25, 0.3) is 0 Å². The van der Waals surface area contributed by atoms with Crippen LogP contribution in [-0.2, 0) is 4.74 Å². The molecular formula is C6H15NO2Si. The van der Waals surface area contributed by atoms with E-state index in [2.05, 4.69) is 16.6 Å². The lowest BCUT2D eigenvalue weighted by Crippen LogP contribution is -2.18. The van der Waals surface area contributed by atoms with Gasteiger partial charge in [-0.15, -0.1) is 0 Å². The van der Waals surface area contributed by atoms with Gasteiger partial charge in [-0.3, -0.25) is 5.32 Å². The number of carbonyl (C=O) groups excluding carboxylic acids is 1.